The summed E-state index contributed by atoms with van der Waals surface area (Å²) in [5.41, 5.74) is 2.72. The minimum atomic E-state index is -0.459. The van der Waals surface area contributed by atoms with E-state index in [0.717, 1.165) is 11.1 Å². The van der Waals surface area contributed by atoms with E-state index in [1.807, 2.05) is 43.3 Å². The van der Waals surface area contributed by atoms with Crippen molar-refractivity contribution in [3.8, 4) is 11.3 Å². The summed E-state index contributed by atoms with van der Waals surface area (Å²) in [6, 6.07) is 16.2. The van der Waals surface area contributed by atoms with E-state index in [2.05, 4.69) is 15.3 Å². The SMILES string of the molecule is Cc1ccc(NC(=O)[C@H](C)Sc2nc(-c3ccccc3)cc(=O)[nH]2)cc1Cl. The molecule has 2 aromatic carbocycles. The molecule has 0 saturated carbocycles. The van der Waals surface area contributed by atoms with E-state index in [4.69, 9.17) is 11.6 Å². The molecule has 138 valence electrons. The lowest BCUT2D eigenvalue weighted by Gasteiger charge is -2.12. The van der Waals surface area contributed by atoms with Gasteiger partial charge < -0.3 is 10.3 Å². The van der Waals surface area contributed by atoms with Gasteiger partial charge in [0.25, 0.3) is 5.56 Å². The van der Waals surface area contributed by atoms with Crippen LogP contribution in [0.2, 0.25) is 5.02 Å². The summed E-state index contributed by atoms with van der Waals surface area (Å²) in [7, 11) is 0. The molecule has 7 heteroatoms. The van der Waals surface area contributed by atoms with E-state index in [-0.39, 0.29) is 11.5 Å². The van der Waals surface area contributed by atoms with Crippen molar-refractivity contribution in [1.29, 1.82) is 0 Å². The van der Waals surface area contributed by atoms with Crippen LogP contribution < -0.4 is 10.9 Å². The largest absolute Gasteiger partial charge is 0.325 e. The number of nitrogens with zero attached hydrogens (tertiary/aromatic N) is 1. The number of aromatic amines is 1. The molecule has 0 aliphatic rings. The number of aryl methyl sites for hydroxylation is 1. The van der Waals surface area contributed by atoms with Gasteiger partial charge in [-0.15, -0.1) is 0 Å². The normalized spacial score (nSPS) is 11.8. The van der Waals surface area contributed by atoms with E-state index in [9.17, 15) is 9.59 Å². The standard InChI is InChI=1S/C20H18ClN3O2S/c1-12-8-9-15(10-16(12)21)22-19(26)13(2)27-20-23-17(11-18(25)24-20)14-6-4-3-5-7-14/h3-11,13H,1-2H3,(H,22,26)(H,23,24,25)/t13-/m0/s1. The topological polar surface area (TPSA) is 74.8 Å². The Balaban J connectivity index is 1.74. The molecule has 2 N–H and O–H groups in total. The molecule has 1 amide bonds. The highest BCUT2D eigenvalue weighted by molar-refractivity contribution is 8.00. The lowest BCUT2D eigenvalue weighted by molar-refractivity contribution is -0.115. The Kier molecular flexibility index (Phi) is 5.98. The third kappa shape index (κ3) is 4.99. The summed E-state index contributed by atoms with van der Waals surface area (Å²) in [6.45, 7) is 3.65. The van der Waals surface area contributed by atoms with Crippen molar-refractivity contribution in [2.24, 2.45) is 0 Å². The van der Waals surface area contributed by atoms with Gasteiger partial charge in [-0.05, 0) is 31.5 Å². The first-order chi connectivity index (χ1) is 12.9. The Morgan fingerprint density at radius 2 is 1.93 bits per heavy atom. The summed E-state index contributed by atoms with van der Waals surface area (Å²) in [4.78, 5) is 31.6. The first-order valence-corrected chi connectivity index (χ1v) is 9.58. The molecular weight excluding hydrogens is 382 g/mol. The first-order valence-electron chi connectivity index (χ1n) is 8.33. The van der Waals surface area contributed by atoms with Crippen molar-refractivity contribution >= 4 is 35.0 Å². The maximum Gasteiger partial charge on any atom is 0.252 e. The fourth-order valence-electron chi connectivity index (χ4n) is 2.38. The Morgan fingerprint density at radius 1 is 1.19 bits per heavy atom. The van der Waals surface area contributed by atoms with E-state index < -0.39 is 5.25 Å². The van der Waals surface area contributed by atoms with E-state index in [1.54, 1.807) is 19.1 Å². The monoisotopic (exact) mass is 399 g/mol. The molecule has 0 aliphatic carbocycles. The van der Waals surface area contributed by atoms with Gasteiger partial charge in [0.15, 0.2) is 5.16 Å². The van der Waals surface area contributed by atoms with Crippen molar-refractivity contribution in [2.75, 3.05) is 5.32 Å². The third-order valence-corrected chi connectivity index (χ3v) is 5.28. The van der Waals surface area contributed by atoms with Crippen LogP contribution in [0.15, 0.2) is 64.5 Å². The maximum atomic E-state index is 12.5. The summed E-state index contributed by atoms with van der Waals surface area (Å²) in [5, 5.41) is 3.35. The summed E-state index contributed by atoms with van der Waals surface area (Å²) >= 11 is 7.28. The molecule has 0 radical (unpaired) electrons. The average molecular weight is 400 g/mol. The van der Waals surface area contributed by atoms with Crippen LogP contribution in [0.4, 0.5) is 5.69 Å². The number of hydrogen-bond donors (Lipinski definition) is 2. The fraction of sp³-hybridized carbons (Fsp3) is 0.150. The minimum absolute atomic E-state index is 0.201. The van der Waals surface area contributed by atoms with E-state index in [0.29, 0.717) is 21.6 Å². The van der Waals surface area contributed by atoms with Gasteiger partial charge in [-0.3, -0.25) is 9.59 Å². The van der Waals surface area contributed by atoms with E-state index >= 15 is 0 Å². The van der Waals surface area contributed by atoms with Crippen LogP contribution in [0.1, 0.15) is 12.5 Å². The first kappa shape index (κ1) is 19.2. The molecule has 0 fully saturated rings. The molecule has 1 atom stereocenters. The lowest BCUT2D eigenvalue weighted by Crippen LogP contribution is -2.23. The van der Waals surface area contributed by atoms with Gasteiger partial charge in [0.2, 0.25) is 5.91 Å². The van der Waals surface area contributed by atoms with Crippen molar-refractivity contribution in [2.45, 2.75) is 24.3 Å². The number of thioether (sulfide) groups is 1. The van der Waals surface area contributed by atoms with Gasteiger partial charge in [-0.2, -0.15) is 0 Å². The Morgan fingerprint density at radius 3 is 2.63 bits per heavy atom. The zero-order chi connectivity index (χ0) is 19.4. The predicted octanol–water partition coefficient (Wildman–Crippen LogP) is 4.52. The van der Waals surface area contributed by atoms with Gasteiger partial charge in [-0.25, -0.2) is 4.98 Å². The number of benzene rings is 2. The molecule has 0 bridgehead atoms. The number of H-pyrrole nitrogens is 1. The lowest BCUT2D eigenvalue weighted by atomic mass is 10.1. The van der Waals surface area contributed by atoms with Crippen LogP contribution in [0.3, 0.4) is 0 Å². The van der Waals surface area contributed by atoms with Crippen LogP contribution in [-0.4, -0.2) is 21.1 Å². The van der Waals surface area contributed by atoms with Gasteiger partial charge in [0.1, 0.15) is 0 Å². The quantitative estimate of drug-likeness (QED) is 0.488. The highest BCUT2D eigenvalue weighted by atomic mass is 35.5. The van der Waals surface area contributed by atoms with Crippen LogP contribution in [0.25, 0.3) is 11.3 Å². The highest BCUT2D eigenvalue weighted by Gasteiger charge is 2.17. The molecule has 0 spiro atoms. The Hall–Kier alpha value is -2.57. The average Bonchev–Trinajstić information content (AvgIpc) is 2.65. The molecule has 3 rings (SSSR count). The number of halogens is 1. The number of aromatic nitrogens is 2. The molecule has 3 aromatic rings. The van der Waals surface area contributed by atoms with Crippen LogP contribution in [-0.2, 0) is 4.79 Å². The van der Waals surface area contributed by atoms with Gasteiger partial charge in [0, 0.05) is 22.3 Å². The second kappa shape index (κ2) is 8.41. The second-order valence-electron chi connectivity index (χ2n) is 6.02. The number of amides is 1. The summed E-state index contributed by atoms with van der Waals surface area (Å²) in [5.74, 6) is -0.201. The minimum Gasteiger partial charge on any atom is -0.325 e. The van der Waals surface area contributed by atoms with Crippen LogP contribution in [0.5, 0.6) is 0 Å². The molecule has 27 heavy (non-hydrogen) atoms. The van der Waals surface area contributed by atoms with Crippen LogP contribution in [0, 0.1) is 6.92 Å². The number of carbonyl (C=O) groups is 1. The third-order valence-electron chi connectivity index (χ3n) is 3.89. The van der Waals surface area contributed by atoms with Crippen LogP contribution >= 0.6 is 23.4 Å². The zero-order valence-corrected chi connectivity index (χ0v) is 16.4. The smallest absolute Gasteiger partial charge is 0.252 e. The molecule has 0 aliphatic heterocycles. The Labute approximate surface area is 166 Å². The van der Waals surface area contributed by atoms with Gasteiger partial charge >= 0.3 is 0 Å². The summed E-state index contributed by atoms with van der Waals surface area (Å²) < 4.78 is 0. The van der Waals surface area contributed by atoms with Gasteiger partial charge in [0.05, 0.1) is 10.9 Å². The van der Waals surface area contributed by atoms with Crippen molar-refractivity contribution < 1.29 is 4.79 Å². The molecule has 5 nitrogen and oxygen atoms in total. The number of anilines is 1. The van der Waals surface area contributed by atoms with Crippen molar-refractivity contribution in [1.82, 2.24) is 9.97 Å². The number of hydrogen-bond acceptors (Lipinski definition) is 4. The predicted molar refractivity (Wildman–Crippen MR) is 110 cm³/mol. The number of rotatable bonds is 5. The zero-order valence-electron chi connectivity index (χ0n) is 14.8. The molecule has 1 heterocycles. The number of carbonyl (C=O) groups excluding carboxylic acids is 1. The fourth-order valence-corrected chi connectivity index (χ4v) is 3.38. The Bertz CT molecular complexity index is 1020. The molecule has 0 saturated heterocycles. The highest BCUT2D eigenvalue weighted by Crippen LogP contribution is 2.24. The molecule has 0 unspecified atom stereocenters. The van der Waals surface area contributed by atoms with Gasteiger partial charge in [-0.1, -0.05) is 59.8 Å². The maximum absolute atomic E-state index is 12.5. The number of nitrogens with one attached hydrogen (secondary N) is 2. The molecular formula is C20H18ClN3O2S. The van der Waals surface area contributed by atoms with Crippen molar-refractivity contribution in [3.05, 3.63) is 75.5 Å². The van der Waals surface area contributed by atoms with Crippen molar-refractivity contribution in [3.63, 3.8) is 0 Å². The second-order valence-corrected chi connectivity index (χ2v) is 7.75. The van der Waals surface area contributed by atoms with E-state index in [1.165, 1.54) is 17.8 Å². The molecule has 1 aromatic heterocycles. The summed E-state index contributed by atoms with van der Waals surface area (Å²) in [6.07, 6.45) is 0.